The van der Waals surface area contributed by atoms with Crippen LogP contribution in [0.5, 0.6) is 0 Å². The third-order valence-electron chi connectivity index (χ3n) is 4.70. The van der Waals surface area contributed by atoms with Gasteiger partial charge in [0.05, 0.1) is 11.6 Å². The molecule has 0 radical (unpaired) electrons. The van der Waals surface area contributed by atoms with Gasteiger partial charge in [-0.1, -0.05) is 6.92 Å². The molecule has 4 atom stereocenters. The van der Waals surface area contributed by atoms with Gasteiger partial charge in [-0.25, -0.2) is 0 Å². The fourth-order valence-electron chi connectivity index (χ4n) is 3.44. The van der Waals surface area contributed by atoms with Gasteiger partial charge in [-0.2, -0.15) is 0 Å². The number of ether oxygens (including phenoxy) is 1. The van der Waals surface area contributed by atoms with Crippen molar-refractivity contribution in [3.05, 3.63) is 0 Å². The second-order valence-electron chi connectivity index (χ2n) is 5.75. The smallest absolute Gasteiger partial charge is 0.0743 e. The largest absolute Gasteiger partial charge is 0.376 e. The first-order valence-electron chi connectivity index (χ1n) is 6.68. The third-order valence-corrected chi connectivity index (χ3v) is 4.70. The molecule has 0 amide bonds. The summed E-state index contributed by atoms with van der Waals surface area (Å²) in [7, 11) is 0. The normalized spacial score (nSPS) is 46.1. The maximum atomic E-state index is 6.08. The van der Waals surface area contributed by atoms with Crippen molar-refractivity contribution in [1.82, 2.24) is 4.90 Å². The Morgan fingerprint density at radius 3 is 2.62 bits per heavy atom. The first-order valence-corrected chi connectivity index (χ1v) is 6.68. The Morgan fingerprint density at radius 1 is 1.31 bits per heavy atom. The Morgan fingerprint density at radius 2 is 2.06 bits per heavy atom. The predicted octanol–water partition coefficient (Wildman–Crippen LogP) is 1.61. The summed E-state index contributed by atoms with van der Waals surface area (Å²) in [6, 6.07) is 0.656. The van der Waals surface area contributed by atoms with E-state index in [0.29, 0.717) is 6.04 Å². The highest BCUT2D eigenvalue weighted by atomic mass is 16.5. The summed E-state index contributed by atoms with van der Waals surface area (Å²) < 4.78 is 5.77. The van der Waals surface area contributed by atoms with Gasteiger partial charge in [0.2, 0.25) is 0 Å². The van der Waals surface area contributed by atoms with Crippen LogP contribution in [-0.4, -0.2) is 42.3 Å². The summed E-state index contributed by atoms with van der Waals surface area (Å²) >= 11 is 0. The minimum Gasteiger partial charge on any atom is -0.376 e. The lowest BCUT2D eigenvalue weighted by atomic mass is 9.83. The Kier molecular flexibility index (Phi) is 3.57. The summed E-state index contributed by atoms with van der Waals surface area (Å²) in [5, 5.41) is 0. The van der Waals surface area contributed by atoms with Crippen molar-refractivity contribution in [2.45, 2.75) is 57.7 Å². The van der Waals surface area contributed by atoms with Crippen LogP contribution in [0.25, 0.3) is 0 Å². The van der Waals surface area contributed by atoms with E-state index in [1.54, 1.807) is 0 Å². The zero-order valence-electron chi connectivity index (χ0n) is 10.9. The highest BCUT2D eigenvalue weighted by Gasteiger charge is 2.47. The van der Waals surface area contributed by atoms with Crippen molar-refractivity contribution in [2.75, 3.05) is 19.7 Å². The number of nitrogens with two attached hydrogens (primary N) is 1. The average Bonchev–Trinajstić information content (AvgIpc) is 2.64. The Balaban J connectivity index is 2.19. The lowest BCUT2D eigenvalue weighted by Crippen LogP contribution is -2.63. The van der Waals surface area contributed by atoms with Gasteiger partial charge in [-0.15, -0.1) is 0 Å². The molecule has 94 valence electrons. The molecule has 0 spiro atoms. The van der Waals surface area contributed by atoms with E-state index < -0.39 is 0 Å². The molecule has 0 bridgehead atoms. The molecule has 0 aromatic rings. The minimum absolute atomic E-state index is 0.105. The number of hydrogen-bond acceptors (Lipinski definition) is 3. The monoisotopic (exact) mass is 226 g/mol. The van der Waals surface area contributed by atoms with Crippen LogP contribution in [-0.2, 0) is 4.74 Å². The molecule has 2 aliphatic heterocycles. The number of rotatable bonds is 2. The summed E-state index contributed by atoms with van der Waals surface area (Å²) in [5.41, 5.74) is 6.18. The number of nitrogens with zero attached hydrogens (tertiary/aromatic N) is 1. The van der Waals surface area contributed by atoms with Gasteiger partial charge >= 0.3 is 0 Å². The first kappa shape index (κ1) is 12.3. The number of likely N-dealkylation sites (tertiary alicyclic amines) is 1. The van der Waals surface area contributed by atoms with Crippen LogP contribution >= 0.6 is 0 Å². The van der Waals surface area contributed by atoms with Gasteiger partial charge in [-0.05, 0) is 39.0 Å². The highest BCUT2D eigenvalue weighted by Crippen LogP contribution is 2.37. The molecule has 0 aromatic heterocycles. The van der Waals surface area contributed by atoms with Crippen molar-refractivity contribution in [3.8, 4) is 0 Å². The van der Waals surface area contributed by atoms with Crippen LogP contribution < -0.4 is 5.73 Å². The lowest BCUT2D eigenvalue weighted by molar-refractivity contribution is -0.0322. The highest BCUT2D eigenvalue weighted by molar-refractivity contribution is 5.03. The third kappa shape index (κ3) is 1.89. The van der Waals surface area contributed by atoms with E-state index >= 15 is 0 Å². The molecule has 2 saturated heterocycles. The van der Waals surface area contributed by atoms with Crippen molar-refractivity contribution in [1.29, 1.82) is 0 Å². The number of piperidine rings is 1. The molecule has 0 aliphatic carbocycles. The molecule has 0 saturated carbocycles. The molecular weight excluding hydrogens is 200 g/mol. The molecule has 3 nitrogen and oxygen atoms in total. The van der Waals surface area contributed by atoms with Gasteiger partial charge in [0.15, 0.2) is 0 Å². The summed E-state index contributed by atoms with van der Waals surface area (Å²) in [4.78, 5) is 2.64. The molecule has 2 N–H and O–H groups in total. The summed E-state index contributed by atoms with van der Waals surface area (Å²) in [6.45, 7) is 9.66. The van der Waals surface area contributed by atoms with E-state index in [2.05, 4.69) is 25.7 Å². The predicted molar refractivity (Wildman–Crippen MR) is 66.4 cm³/mol. The molecule has 2 aliphatic rings. The lowest BCUT2D eigenvalue weighted by Gasteiger charge is -2.49. The molecular formula is C13H26N2O. The molecule has 2 fully saturated rings. The van der Waals surface area contributed by atoms with E-state index in [4.69, 9.17) is 10.5 Å². The van der Waals surface area contributed by atoms with Crippen molar-refractivity contribution >= 4 is 0 Å². The Hall–Kier alpha value is -0.120. The van der Waals surface area contributed by atoms with E-state index in [9.17, 15) is 0 Å². The Labute approximate surface area is 99.3 Å². The van der Waals surface area contributed by atoms with E-state index in [0.717, 1.165) is 25.5 Å². The molecule has 0 aromatic carbocycles. The van der Waals surface area contributed by atoms with E-state index in [-0.39, 0.29) is 11.6 Å². The van der Waals surface area contributed by atoms with Crippen molar-refractivity contribution in [3.63, 3.8) is 0 Å². The van der Waals surface area contributed by atoms with Crippen LogP contribution in [0.3, 0.4) is 0 Å². The number of hydrogen-bond donors (Lipinski definition) is 1. The zero-order valence-corrected chi connectivity index (χ0v) is 10.9. The van der Waals surface area contributed by atoms with Gasteiger partial charge in [0.25, 0.3) is 0 Å². The standard InChI is InChI=1S/C13H26N2O/c1-10-4-5-11(2)15(8-10)13(9-14)6-7-16-12(13)3/h10-12H,4-9,14H2,1-3H3. The van der Waals surface area contributed by atoms with E-state index in [1.165, 1.54) is 19.4 Å². The van der Waals surface area contributed by atoms with Crippen molar-refractivity contribution in [2.24, 2.45) is 11.7 Å². The maximum Gasteiger partial charge on any atom is 0.0743 e. The first-order chi connectivity index (χ1) is 7.60. The summed E-state index contributed by atoms with van der Waals surface area (Å²) in [6.07, 6.45) is 4.04. The van der Waals surface area contributed by atoms with Gasteiger partial charge < -0.3 is 10.5 Å². The van der Waals surface area contributed by atoms with Crippen molar-refractivity contribution < 1.29 is 4.74 Å². The van der Waals surface area contributed by atoms with Crippen LogP contribution in [0.15, 0.2) is 0 Å². The van der Waals surface area contributed by atoms with E-state index in [1.807, 2.05) is 0 Å². The molecule has 3 heteroatoms. The molecule has 2 rings (SSSR count). The van der Waals surface area contributed by atoms with Crippen LogP contribution in [0.4, 0.5) is 0 Å². The van der Waals surface area contributed by atoms with Crippen LogP contribution in [0, 0.1) is 5.92 Å². The minimum atomic E-state index is 0.105. The molecule has 2 heterocycles. The molecule has 16 heavy (non-hydrogen) atoms. The zero-order chi connectivity index (χ0) is 11.8. The fraction of sp³-hybridized carbons (Fsp3) is 1.00. The van der Waals surface area contributed by atoms with Crippen LogP contribution in [0.2, 0.25) is 0 Å². The van der Waals surface area contributed by atoms with Gasteiger partial charge in [0.1, 0.15) is 0 Å². The van der Waals surface area contributed by atoms with Gasteiger partial charge in [0, 0.05) is 25.7 Å². The second kappa shape index (κ2) is 4.63. The second-order valence-corrected chi connectivity index (χ2v) is 5.75. The summed E-state index contributed by atoms with van der Waals surface area (Å²) in [5.74, 6) is 0.799. The molecule has 4 unspecified atom stereocenters. The van der Waals surface area contributed by atoms with Gasteiger partial charge in [-0.3, -0.25) is 4.90 Å². The topological polar surface area (TPSA) is 38.5 Å². The average molecular weight is 226 g/mol. The Bertz CT molecular complexity index is 246. The van der Waals surface area contributed by atoms with Crippen LogP contribution in [0.1, 0.15) is 40.0 Å². The maximum absolute atomic E-state index is 6.08. The fourth-order valence-corrected chi connectivity index (χ4v) is 3.44. The quantitative estimate of drug-likeness (QED) is 0.777. The SMILES string of the molecule is CC1CCC(C)N(C2(CN)CCOC2C)C1.